The molecule has 0 atom stereocenters. The molecule has 2 aliphatic carbocycles. The Bertz CT molecular complexity index is 3220. The van der Waals surface area contributed by atoms with Crippen molar-refractivity contribution in [2.24, 2.45) is 4.99 Å². The van der Waals surface area contributed by atoms with Crippen LogP contribution >= 0.6 is 0 Å². The Morgan fingerprint density at radius 2 is 1.31 bits per heavy atom. The van der Waals surface area contributed by atoms with Crippen molar-refractivity contribution in [2.75, 3.05) is 38.1 Å². The molecular weight excluding hydrogens is 837 g/mol. The van der Waals surface area contributed by atoms with Crippen molar-refractivity contribution < 1.29 is 33.3 Å². The number of hydrogen-bond donors (Lipinski definition) is 3. The summed E-state index contributed by atoms with van der Waals surface area (Å²) in [6.45, 7) is 22.4. The molecule has 0 saturated carbocycles. The number of nitrogens with one attached hydrogen (secondary N) is 2. The monoisotopic (exact) mass is 898 g/mol. The number of fused-ring (bicyclic) bond motifs is 4. The molecule has 344 valence electrons. The van der Waals surface area contributed by atoms with E-state index in [2.05, 4.69) is 101 Å². The Morgan fingerprint density at radius 3 is 1.96 bits per heavy atom. The molecular formula is C57H62N4O6+2. The lowest BCUT2D eigenvalue weighted by atomic mass is 9.89. The zero-order valence-electron chi connectivity index (χ0n) is 40.2. The van der Waals surface area contributed by atoms with Gasteiger partial charge in [0.25, 0.3) is 0 Å². The number of rotatable bonds is 13. The standard InChI is InChI=1S/C29H30N2O3.C28H30N2O3/c1-5-19(6-2)30-20-13-15-24-26(17-20)34-27-18-21(31(7-3)8-4)14-16-25(27)28(24)22-11-9-10-12-23(22)29(32)33;1-6-29-23-15-25-21(13-17(23)4)27(19-11-9-10-12-20(19)28(31)32-8-3)22-14-18(5)24(30-7-2)16-26(22)33-25/h9-18H,5-8H2,1-4H3;9-16,29H,6-8H2,1-5H3/p+2. The summed E-state index contributed by atoms with van der Waals surface area (Å²) in [5.41, 5.74) is 12.7. The third kappa shape index (κ3) is 9.94. The Labute approximate surface area is 392 Å². The van der Waals surface area contributed by atoms with Gasteiger partial charge in [0.1, 0.15) is 42.3 Å². The van der Waals surface area contributed by atoms with Gasteiger partial charge in [-0.1, -0.05) is 50.2 Å². The summed E-state index contributed by atoms with van der Waals surface area (Å²) in [4.78, 5) is 33.2. The molecule has 8 rings (SSSR count). The summed E-state index contributed by atoms with van der Waals surface area (Å²) in [5.74, 6) is 0.217. The number of nitrogens with zero attached hydrogens (tertiary/aromatic N) is 2. The van der Waals surface area contributed by atoms with Crippen LogP contribution in [0.2, 0.25) is 0 Å². The van der Waals surface area contributed by atoms with Gasteiger partial charge in [-0.2, -0.15) is 0 Å². The average molecular weight is 899 g/mol. The topological polar surface area (TPSA) is 131 Å². The molecule has 0 bridgehead atoms. The molecule has 0 saturated heterocycles. The second-order valence-electron chi connectivity index (χ2n) is 16.4. The second-order valence-corrected chi connectivity index (χ2v) is 16.4. The van der Waals surface area contributed by atoms with Gasteiger partial charge in [0.15, 0.2) is 0 Å². The molecule has 2 heterocycles. The number of aromatic carboxylic acids is 1. The fourth-order valence-electron chi connectivity index (χ4n) is 8.83. The molecule has 0 amide bonds. The van der Waals surface area contributed by atoms with E-state index >= 15 is 0 Å². The van der Waals surface area contributed by atoms with Gasteiger partial charge >= 0.3 is 11.9 Å². The molecule has 10 nitrogen and oxygen atoms in total. The highest BCUT2D eigenvalue weighted by Crippen LogP contribution is 2.44. The molecule has 0 unspecified atom stereocenters. The quantitative estimate of drug-likeness (QED) is 0.0454. The van der Waals surface area contributed by atoms with Crippen LogP contribution in [-0.4, -0.2) is 55.5 Å². The zero-order valence-corrected chi connectivity index (χ0v) is 40.2. The highest BCUT2D eigenvalue weighted by Gasteiger charge is 2.25. The zero-order chi connectivity index (χ0) is 47.8. The molecule has 67 heavy (non-hydrogen) atoms. The van der Waals surface area contributed by atoms with Crippen LogP contribution in [0.25, 0.3) is 66.8 Å². The van der Waals surface area contributed by atoms with Crippen LogP contribution in [0.1, 0.15) is 93.2 Å². The summed E-state index contributed by atoms with van der Waals surface area (Å²) < 4.78 is 20.5. The molecule has 10 heteroatoms. The summed E-state index contributed by atoms with van der Waals surface area (Å²) in [7, 11) is 0. The van der Waals surface area contributed by atoms with Crippen LogP contribution < -0.4 is 25.6 Å². The van der Waals surface area contributed by atoms with E-state index in [9.17, 15) is 14.7 Å². The summed E-state index contributed by atoms with van der Waals surface area (Å²) >= 11 is 0. The number of carbonyl (C=O) groups is 2. The van der Waals surface area contributed by atoms with Gasteiger partial charge in [0.2, 0.25) is 10.7 Å². The number of esters is 1. The Morgan fingerprint density at radius 1 is 0.672 bits per heavy atom. The number of hydrogen-bond acceptors (Lipinski definition) is 7. The smallest absolute Gasteiger partial charge is 0.338 e. The Hall–Kier alpha value is -7.33. The van der Waals surface area contributed by atoms with Crippen molar-refractivity contribution in [3.63, 3.8) is 0 Å². The summed E-state index contributed by atoms with van der Waals surface area (Å²) in [6.07, 6.45) is 1.79. The van der Waals surface area contributed by atoms with Crippen LogP contribution in [0.3, 0.4) is 0 Å². The lowest BCUT2D eigenvalue weighted by Crippen LogP contribution is -2.76. The minimum Gasteiger partial charge on any atom is -0.478 e. The van der Waals surface area contributed by atoms with Crippen LogP contribution in [0, 0.1) is 13.8 Å². The molecule has 0 spiro atoms. The maximum atomic E-state index is 12.9. The van der Waals surface area contributed by atoms with Crippen LogP contribution in [0.5, 0.6) is 0 Å². The van der Waals surface area contributed by atoms with E-state index in [1.54, 1.807) is 12.1 Å². The van der Waals surface area contributed by atoms with E-state index in [1.165, 1.54) is 0 Å². The first-order valence-electron chi connectivity index (χ1n) is 23.5. The van der Waals surface area contributed by atoms with E-state index in [0.717, 1.165) is 134 Å². The fourth-order valence-corrected chi connectivity index (χ4v) is 8.83. The van der Waals surface area contributed by atoms with Gasteiger partial charge in [-0.05, 0) is 120 Å². The third-order valence-corrected chi connectivity index (χ3v) is 12.2. The Balaban J connectivity index is 0.000000199. The minimum absolute atomic E-state index is 0.269. The van der Waals surface area contributed by atoms with Gasteiger partial charge in [0, 0.05) is 74.7 Å². The predicted octanol–water partition coefficient (Wildman–Crippen LogP) is 11.0. The number of aliphatic imine (C=N–C) groups is 1. The number of aryl methyl sites for hydroxylation is 2. The maximum absolute atomic E-state index is 12.9. The van der Waals surface area contributed by atoms with Crippen molar-refractivity contribution >= 4 is 51.0 Å². The van der Waals surface area contributed by atoms with Crippen LogP contribution in [-0.2, 0) is 4.74 Å². The molecule has 2 aliphatic heterocycles. The molecule has 4 aromatic rings. The van der Waals surface area contributed by atoms with Gasteiger partial charge < -0.3 is 24.0 Å². The van der Waals surface area contributed by atoms with E-state index in [1.807, 2.05) is 73.7 Å². The van der Waals surface area contributed by atoms with Crippen molar-refractivity contribution in [1.29, 1.82) is 0 Å². The average Bonchev–Trinajstić information content (AvgIpc) is 3.33. The molecule has 0 fully saturated rings. The molecule has 3 N–H and O–H groups in total. The number of ether oxygens (including phenoxy) is 1. The minimum atomic E-state index is -0.950. The van der Waals surface area contributed by atoms with E-state index in [0.29, 0.717) is 23.3 Å². The van der Waals surface area contributed by atoms with Crippen molar-refractivity contribution in [3.8, 4) is 44.9 Å². The van der Waals surface area contributed by atoms with Gasteiger partial charge in [-0.15, -0.1) is 0 Å². The molecule has 4 aromatic carbocycles. The highest BCUT2D eigenvalue weighted by molar-refractivity contribution is 6.09. The maximum Gasteiger partial charge on any atom is 0.338 e. The van der Waals surface area contributed by atoms with E-state index in [-0.39, 0.29) is 11.5 Å². The molecule has 0 aromatic heterocycles. The molecule has 0 radical (unpaired) electrons. The summed E-state index contributed by atoms with van der Waals surface area (Å²) in [6, 6.07) is 35.3. The van der Waals surface area contributed by atoms with Crippen LogP contribution in [0.15, 0.2) is 123 Å². The first-order valence-corrected chi connectivity index (χ1v) is 23.5. The van der Waals surface area contributed by atoms with E-state index in [4.69, 9.17) is 18.6 Å². The highest BCUT2D eigenvalue weighted by atomic mass is 16.5. The number of anilines is 1. The summed E-state index contributed by atoms with van der Waals surface area (Å²) in [5, 5.41) is 17.3. The lowest BCUT2D eigenvalue weighted by molar-refractivity contribution is -0.496. The Kier molecular flexibility index (Phi) is 15.2. The SMILES string of the molecule is CCC(CC)=Nc1ccc2c(-c3ccccc3C(=O)O)c3ccc(=[N+](CC)CC)cc-3oc2c1.CCNc1cc2oc3cc(=[NH+]CC)c(C)cc-3c(-c3ccccc3C(=O)OCC)c2cc1C. The predicted molar refractivity (Wildman–Crippen MR) is 272 cm³/mol. The number of carboxylic acid groups (broad SMARTS) is 1. The second kappa shape index (κ2) is 21.3. The van der Waals surface area contributed by atoms with Crippen molar-refractivity contribution in [3.05, 3.63) is 142 Å². The van der Waals surface area contributed by atoms with Crippen molar-refractivity contribution in [2.45, 2.75) is 75.2 Å². The van der Waals surface area contributed by atoms with Crippen molar-refractivity contribution in [1.82, 2.24) is 4.58 Å². The number of carbonyl (C=O) groups excluding carboxylic acids is 1. The van der Waals surface area contributed by atoms with Crippen LogP contribution in [0.4, 0.5) is 11.4 Å². The number of benzene rings is 6. The van der Waals surface area contributed by atoms with Gasteiger partial charge in [0.05, 0.1) is 35.6 Å². The third-order valence-electron chi connectivity index (χ3n) is 12.2. The first-order chi connectivity index (χ1) is 32.5. The lowest BCUT2D eigenvalue weighted by Gasteiger charge is -2.19. The van der Waals surface area contributed by atoms with E-state index < -0.39 is 5.97 Å². The first kappa shape index (κ1) is 47.6. The normalized spacial score (nSPS) is 11.4. The molecule has 4 aliphatic rings. The fraction of sp³-hybridized carbons (Fsp3) is 0.281. The van der Waals surface area contributed by atoms with Gasteiger partial charge in [-0.3, -0.25) is 4.99 Å². The largest absolute Gasteiger partial charge is 0.478 e. The number of carboxylic acids is 1. The van der Waals surface area contributed by atoms with Gasteiger partial charge in [-0.25, -0.2) is 19.2 Å².